The molecule has 0 aliphatic carbocycles. The van der Waals surface area contributed by atoms with Crippen LogP contribution in [0.25, 0.3) is 0 Å². The topological polar surface area (TPSA) is 98.9 Å². The number of aliphatic hydroxyl groups excluding tert-OH is 1. The smallest absolute Gasteiger partial charge is 0.340 e. The standard InChI is InChI=1S/C10H10FNO6/c1-17-10(14)6-4-9(18-3-2-13)8(12(15)16)5-7(6)11/h4-5,13H,2-3H2,1H3. The fourth-order valence-electron chi connectivity index (χ4n) is 1.22. The van der Waals surface area contributed by atoms with Crippen molar-refractivity contribution in [2.45, 2.75) is 0 Å². The Morgan fingerprint density at radius 3 is 2.72 bits per heavy atom. The summed E-state index contributed by atoms with van der Waals surface area (Å²) in [6.45, 7) is -0.588. The van der Waals surface area contributed by atoms with Crippen LogP contribution in [-0.4, -0.2) is 36.3 Å². The van der Waals surface area contributed by atoms with Crippen LogP contribution in [0.4, 0.5) is 10.1 Å². The first-order valence-corrected chi connectivity index (χ1v) is 4.81. The highest BCUT2D eigenvalue weighted by Crippen LogP contribution is 2.30. The van der Waals surface area contributed by atoms with Gasteiger partial charge in [0.25, 0.3) is 0 Å². The van der Waals surface area contributed by atoms with Crippen LogP contribution < -0.4 is 4.74 Å². The highest BCUT2D eigenvalue weighted by molar-refractivity contribution is 5.90. The molecule has 0 amide bonds. The Morgan fingerprint density at radius 2 is 2.22 bits per heavy atom. The van der Waals surface area contributed by atoms with E-state index < -0.39 is 28.0 Å². The van der Waals surface area contributed by atoms with E-state index in [9.17, 15) is 19.3 Å². The van der Waals surface area contributed by atoms with Gasteiger partial charge in [-0.2, -0.15) is 0 Å². The van der Waals surface area contributed by atoms with Crippen molar-refractivity contribution in [2.75, 3.05) is 20.3 Å². The largest absolute Gasteiger partial charge is 0.484 e. The van der Waals surface area contributed by atoms with Crippen LogP contribution in [0, 0.1) is 15.9 Å². The summed E-state index contributed by atoms with van der Waals surface area (Å²) in [6.07, 6.45) is 0. The molecule has 1 aromatic carbocycles. The lowest BCUT2D eigenvalue weighted by molar-refractivity contribution is -0.386. The number of aliphatic hydroxyl groups is 1. The number of carbonyl (C=O) groups excluding carboxylic acids is 1. The summed E-state index contributed by atoms with van der Waals surface area (Å²) in [6, 6.07) is 1.44. The zero-order valence-corrected chi connectivity index (χ0v) is 9.38. The van der Waals surface area contributed by atoms with Crippen LogP contribution in [-0.2, 0) is 4.74 Å². The SMILES string of the molecule is COC(=O)c1cc(OCCO)c([N+](=O)[O-])cc1F. The number of carbonyl (C=O) groups is 1. The van der Waals surface area contributed by atoms with Crippen molar-refractivity contribution in [3.8, 4) is 5.75 Å². The zero-order valence-electron chi connectivity index (χ0n) is 9.38. The molecule has 0 spiro atoms. The number of benzene rings is 1. The van der Waals surface area contributed by atoms with E-state index in [4.69, 9.17) is 9.84 Å². The van der Waals surface area contributed by atoms with Gasteiger partial charge >= 0.3 is 11.7 Å². The molecule has 0 unspecified atom stereocenters. The second-order valence-electron chi connectivity index (χ2n) is 3.12. The number of methoxy groups -OCH3 is 1. The van der Waals surface area contributed by atoms with Crippen LogP contribution in [0.3, 0.4) is 0 Å². The van der Waals surface area contributed by atoms with Gasteiger partial charge in [-0.1, -0.05) is 0 Å². The summed E-state index contributed by atoms with van der Waals surface area (Å²) >= 11 is 0. The van der Waals surface area contributed by atoms with E-state index in [0.29, 0.717) is 6.07 Å². The van der Waals surface area contributed by atoms with Crippen molar-refractivity contribution in [1.29, 1.82) is 0 Å². The fourth-order valence-corrected chi connectivity index (χ4v) is 1.22. The fraction of sp³-hybridized carbons (Fsp3) is 0.300. The molecule has 0 atom stereocenters. The number of halogens is 1. The minimum atomic E-state index is -1.08. The van der Waals surface area contributed by atoms with Crippen molar-refractivity contribution in [3.63, 3.8) is 0 Å². The number of rotatable bonds is 5. The number of hydrogen-bond acceptors (Lipinski definition) is 6. The lowest BCUT2D eigenvalue weighted by atomic mass is 10.1. The number of hydrogen-bond donors (Lipinski definition) is 1. The zero-order chi connectivity index (χ0) is 13.7. The van der Waals surface area contributed by atoms with Crippen LogP contribution in [0.1, 0.15) is 10.4 Å². The minimum absolute atomic E-state index is 0.215. The molecular weight excluding hydrogens is 249 g/mol. The van der Waals surface area contributed by atoms with E-state index in [1.807, 2.05) is 0 Å². The molecule has 7 nitrogen and oxygen atoms in total. The van der Waals surface area contributed by atoms with Crippen LogP contribution in [0.5, 0.6) is 5.75 Å². The van der Waals surface area contributed by atoms with Gasteiger partial charge in [0, 0.05) is 6.07 Å². The molecule has 18 heavy (non-hydrogen) atoms. The molecule has 0 radical (unpaired) electrons. The molecule has 1 rings (SSSR count). The Labute approximate surface area is 101 Å². The van der Waals surface area contributed by atoms with E-state index in [1.54, 1.807) is 0 Å². The third-order valence-corrected chi connectivity index (χ3v) is 2.00. The van der Waals surface area contributed by atoms with Crippen LogP contribution in [0.2, 0.25) is 0 Å². The summed E-state index contributed by atoms with van der Waals surface area (Å²) in [5.41, 5.74) is -1.11. The van der Waals surface area contributed by atoms with Gasteiger partial charge < -0.3 is 14.6 Å². The van der Waals surface area contributed by atoms with Crippen molar-refractivity contribution >= 4 is 11.7 Å². The summed E-state index contributed by atoms with van der Waals surface area (Å²) in [5, 5.41) is 19.2. The van der Waals surface area contributed by atoms with Gasteiger partial charge in [0.2, 0.25) is 0 Å². The van der Waals surface area contributed by atoms with E-state index in [1.165, 1.54) is 0 Å². The molecule has 1 aromatic rings. The molecule has 0 aliphatic heterocycles. The van der Waals surface area contributed by atoms with Crippen molar-refractivity contribution < 1.29 is 28.7 Å². The average molecular weight is 259 g/mol. The molecular formula is C10H10FNO6. The highest BCUT2D eigenvalue weighted by Gasteiger charge is 2.23. The number of nitro benzene ring substituents is 1. The molecule has 98 valence electrons. The predicted molar refractivity (Wildman–Crippen MR) is 57.0 cm³/mol. The molecule has 0 aliphatic rings. The Morgan fingerprint density at radius 1 is 1.56 bits per heavy atom. The quantitative estimate of drug-likeness (QED) is 0.479. The maximum Gasteiger partial charge on any atom is 0.340 e. The highest BCUT2D eigenvalue weighted by atomic mass is 19.1. The monoisotopic (exact) mass is 259 g/mol. The van der Waals surface area contributed by atoms with Crippen molar-refractivity contribution in [2.24, 2.45) is 0 Å². The Hall–Kier alpha value is -2.22. The van der Waals surface area contributed by atoms with Crippen LogP contribution in [0.15, 0.2) is 12.1 Å². The van der Waals surface area contributed by atoms with E-state index >= 15 is 0 Å². The van der Waals surface area contributed by atoms with Crippen LogP contribution >= 0.6 is 0 Å². The van der Waals surface area contributed by atoms with Gasteiger partial charge in [-0.3, -0.25) is 10.1 Å². The number of nitro groups is 1. The maximum atomic E-state index is 13.4. The third kappa shape index (κ3) is 2.92. The number of nitrogens with zero attached hydrogens (tertiary/aromatic N) is 1. The van der Waals surface area contributed by atoms with Gasteiger partial charge in [0.05, 0.1) is 30.3 Å². The molecule has 0 saturated heterocycles. The van der Waals surface area contributed by atoms with E-state index in [-0.39, 0.29) is 19.0 Å². The molecule has 1 N–H and O–H groups in total. The number of ether oxygens (including phenoxy) is 2. The average Bonchev–Trinajstić information content (AvgIpc) is 2.35. The van der Waals surface area contributed by atoms with Gasteiger partial charge in [-0.25, -0.2) is 9.18 Å². The first-order valence-electron chi connectivity index (χ1n) is 4.81. The van der Waals surface area contributed by atoms with Gasteiger partial charge in [-0.05, 0) is 0 Å². The molecule has 8 heteroatoms. The van der Waals surface area contributed by atoms with E-state index in [2.05, 4.69) is 4.74 Å². The normalized spacial score (nSPS) is 9.94. The van der Waals surface area contributed by atoms with Crippen molar-refractivity contribution in [3.05, 3.63) is 33.6 Å². The molecule has 0 aromatic heterocycles. The molecule has 0 saturated carbocycles. The lowest BCUT2D eigenvalue weighted by Crippen LogP contribution is -2.09. The Kier molecular flexibility index (Phi) is 4.55. The maximum absolute atomic E-state index is 13.4. The predicted octanol–water partition coefficient (Wildman–Crippen LogP) is 0.892. The summed E-state index contributed by atoms with van der Waals surface area (Å²) in [7, 11) is 1.05. The molecule has 0 heterocycles. The summed E-state index contributed by atoms with van der Waals surface area (Å²) in [4.78, 5) is 21.0. The van der Waals surface area contributed by atoms with E-state index in [0.717, 1.165) is 13.2 Å². The summed E-state index contributed by atoms with van der Waals surface area (Å²) in [5.74, 6) is -2.36. The molecule has 0 fully saturated rings. The first-order chi connectivity index (χ1) is 8.51. The second-order valence-corrected chi connectivity index (χ2v) is 3.12. The van der Waals surface area contributed by atoms with Gasteiger partial charge in [0.1, 0.15) is 12.4 Å². The minimum Gasteiger partial charge on any atom is -0.484 e. The third-order valence-electron chi connectivity index (χ3n) is 2.00. The Bertz CT molecular complexity index is 476. The lowest BCUT2D eigenvalue weighted by Gasteiger charge is -2.07. The van der Waals surface area contributed by atoms with Gasteiger partial charge in [-0.15, -0.1) is 0 Å². The first kappa shape index (κ1) is 13.8. The second kappa shape index (κ2) is 5.92. The van der Waals surface area contributed by atoms with Crippen molar-refractivity contribution in [1.82, 2.24) is 0 Å². The Balaban J connectivity index is 3.26. The number of esters is 1. The van der Waals surface area contributed by atoms with Gasteiger partial charge in [0.15, 0.2) is 5.75 Å². The summed E-state index contributed by atoms with van der Waals surface area (Å²) < 4.78 is 22.6. The molecule has 0 bridgehead atoms.